The van der Waals surface area contributed by atoms with Crippen LogP contribution in [0.15, 0.2) is 36.5 Å². The summed E-state index contributed by atoms with van der Waals surface area (Å²) in [5, 5.41) is 12.2. The Kier molecular flexibility index (Phi) is 4.17. The molecule has 2 rings (SSSR count). The van der Waals surface area contributed by atoms with Crippen LogP contribution in [0.4, 0.5) is 5.69 Å². The monoisotopic (exact) mass is 273 g/mol. The fourth-order valence-electron chi connectivity index (χ4n) is 1.73. The minimum atomic E-state index is -0.501. The van der Waals surface area contributed by atoms with E-state index < -0.39 is 5.91 Å². The van der Waals surface area contributed by atoms with Crippen LogP contribution in [0.3, 0.4) is 0 Å². The van der Waals surface area contributed by atoms with Crippen molar-refractivity contribution in [2.45, 2.75) is 6.54 Å². The van der Waals surface area contributed by atoms with Crippen LogP contribution in [0.25, 0.3) is 0 Å². The third-order valence-electron chi connectivity index (χ3n) is 2.70. The van der Waals surface area contributed by atoms with E-state index in [1.807, 2.05) is 0 Å². The summed E-state index contributed by atoms with van der Waals surface area (Å²) in [7, 11) is 1.53. The fourth-order valence-corrected chi connectivity index (χ4v) is 1.73. The fraction of sp³-hybridized carbons (Fsp3) is 0.143. The molecule has 20 heavy (non-hydrogen) atoms. The van der Waals surface area contributed by atoms with E-state index in [2.05, 4.69) is 10.3 Å². The Morgan fingerprint density at radius 2 is 2.25 bits per heavy atom. The number of hydrogen-bond donors (Lipinski definition) is 3. The molecule has 4 N–H and O–H groups in total. The van der Waals surface area contributed by atoms with Crippen LogP contribution in [0.2, 0.25) is 0 Å². The summed E-state index contributed by atoms with van der Waals surface area (Å²) < 4.78 is 5.14. The van der Waals surface area contributed by atoms with Gasteiger partial charge in [0.2, 0.25) is 0 Å². The van der Waals surface area contributed by atoms with Crippen molar-refractivity contribution in [2.75, 3.05) is 12.4 Å². The molecule has 0 radical (unpaired) electrons. The van der Waals surface area contributed by atoms with Gasteiger partial charge in [-0.15, -0.1) is 0 Å². The number of ether oxygens (including phenoxy) is 1. The zero-order valence-electron chi connectivity index (χ0n) is 11.0. The summed E-state index contributed by atoms with van der Waals surface area (Å²) in [6, 6.07) is 8.13. The molecule has 1 aromatic heterocycles. The second-order valence-corrected chi connectivity index (χ2v) is 4.10. The lowest BCUT2D eigenvalue weighted by Crippen LogP contribution is -2.14. The number of carbonyl (C=O) groups is 1. The number of methoxy groups -OCH3 is 1. The zero-order chi connectivity index (χ0) is 14.5. The molecule has 6 heteroatoms. The molecule has 0 aliphatic heterocycles. The normalized spacial score (nSPS) is 10.1. The molecule has 0 aliphatic carbocycles. The van der Waals surface area contributed by atoms with Gasteiger partial charge in [-0.25, -0.2) is 4.98 Å². The first-order chi connectivity index (χ1) is 9.63. The highest BCUT2D eigenvalue weighted by molar-refractivity contribution is 6.04. The van der Waals surface area contributed by atoms with Crippen molar-refractivity contribution in [3.63, 3.8) is 0 Å². The quantitative estimate of drug-likeness (QED) is 0.784. The van der Waals surface area contributed by atoms with Crippen LogP contribution in [0.1, 0.15) is 16.1 Å². The number of nitrogens with one attached hydrogen (secondary N) is 1. The topological polar surface area (TPSA) is 97.5 Å². The lowest BCUT2D eigenvalue weighted by molar-refractivity contribution is 0.101. The highest BCUT2D eigenvalue weighted by atomic mass is 16.5. The van der Waals surface area contributed by atoms with Gasteiger partial charge >= 0.3 is 0 Å². The summed E-state index contributed by atoms with van der Waals surface area (Å²) in [5.74, 6) is -0.0836. The average molecular weight is 273 g/mol. The molecule has 0 atom stereocenters. The maximum absolute atomic E-state index is 12.0. The van der Waals surface area contributed by atoms with Crippen LogP contribution in [-0.4, -0.2) is 23.1 Å². The number of anilines is 1. The minimum absolute atomic E-state index is 0.0374. The molecule has 0 unspecified atom stereocenters. The third kappa shape index (κ3) is 3.04. The van der Waals surface area contributed by atoms with Gasteiger partial charge in [0.15, 0.2) is 5.69 Å². The molecule has 0 aliphatic rings. The smallest absolute Gasteiger partial charge is 0.278 e. The van der Waals surface area contributed by atoms with Gasteiger partial charge in [0.05, 0.1) is 7.11 Å². The molecule has 0 saturated heterocycles. The van der Waals surface area contributed by atoms with Gasteiger partial charge in [-0.1, -0.05) is 0 Å². The number of amides is 1. The molecule has 2 aromatic rings. The summed E-state index contributed by atoms with van der Waals surface area (Å²) in [4.78, 5) is 15.9. The van der Waals surface area contributed by atoms with Crippen LogP contribution in [-0.2, 0) is 6.54 Å². The first-order valence-electron chi connectivity index (χ1n) is 5.97. The number of pyridine rings is 1. The number of nitrogens with zero attached hydrogens (tertiary/aromatic N) is 1. The second kappa shape index (κ2) is 6.03. The van der Waals surface area contributed by atoms with Gasteiger partial charge in [-0.05, 0) is 29.8 Å². The Bertz CT molecular complexity index is 607. The van der Waals surface area contributed by atoms with E-state index in [-0.39, 0.29) is 11.4 Å². The van der Waals surface area contributed by atoms with Crippen LogP contribution >= 0.6 is 0 Å². The van der Waals surface area contributed by atoms with E-state index in [1.165, 1.54) is 19.4 Å². The molecule has 1 heterocycles. The number of nitrogens with two attached hydrogens (primary N) is 1. The SMILES string of the molecule is COc1cc(CN)cc(NC(=O)c2ncccc2O)c1. The number of rotatable bonds is 4. The summed E-state index contributed by atoms with van der Waals surface area (Å²) in [6.07, 6.45) is 1.44. The van der Waals surface area contributed by atoms with Gasteiger partial charge in [0.25, 0.3) is 5.91 Å². The number of benzene rings is 1. The first kappa shape index (κ1) is 13.8. The third-order valence-corrected chi connectivity index (χ3v) is 2.70. The van der Waals surface area contributed by atoms with Gasteiger partial charge in [-0.2, -0.15) is 0 Å². The van der Waals surface area contributed by atoms with E-state index in [0.29, 0.717) is 18.0 Å². The van der Waals surface area contributed by atoms with Gasteiger partial charge in [0, 0.05) is 24.5 Å². The van der Waals surface area contributed by atoms with E-state index in [9.17, 15) is 9.90 Å². The van der Waals surface area contributed by atoms with Gasteiger partial charge in [-0.3, -0.25) is 4.79 Å². The second-order valence-electron chi connectivity index (χ2n) is 4.10. The predicted molar refractivity (Wildman–Crippen MR) is 74.7 cm³/mol. The molecule has 1 aromatic carbocycles. The van der Waals surface area contributed by atoms with Crippen LogP contribution in [0.5, 0.6) is 11.5 Å². The summed E-state index contributed by atoms with van der Waals surface area (Å²) in [6.45, 7) is 0.328. The van der Waals surface area contributed by atoms with E-state index in [4.69, 9.17) is 10.5 Å². The van der Waals surface area contributed by atoms with Crippen LogP contribution in [0, 0.1) is 0 Å². The standard InChI is InChI=1S/C14H15N3O3/c1-20-11-6-9(8-15)5-10(7-11)17-14(19)13-12(18)3-2-4-16-13/h2-7,18H,8,15H2,1H3,(H,17,19). The van der Waals surface area contributed by atoms with Crippen molar-refractivity contribution >= 4 is 11.6 Å². The molecule has 0 fully saturated rings. The maximum Gasteiger partial charge on any atom is 0.278 e. The van der Waals surface area contributed by atoms with E-state index >= 15 is 0 Å². The van der Waals surface area contributed by atoms with Gasteiger partial charge < -0.3 is 20.9 Å². The van der Waals surface area contributed by atoms with E-state index in [0.717, 1.165) is 5.56 Å². The molecular formula is C14H15N3O3. The van der Waals surface area contributed by atoms with Crippen molar-refractivity contribution in [1.82, 2.24) is 4.98 Å². The highest BCUT2D eigenvalue weighted by Gasteiger charge is 2.13. The van der Waals surface area contributed by atoms with Crippen molar-refractivity contribution in [1.29, 1.82) is 0 Å². The number of aromatic hydroxyl groups is 1. The largest absolute Gasteiger partial charge is 0.505 e. The van der Waals surface area contributed by atoms with Crippen LogP contribution < -0.4 is 15.8 Å². The maximum atomic E-state index is 12.0. The molecule has 104 valence electrons. The highest BCUT2D eigenvalue weighted by Crippen LogP contribution is 2.22. The lowest BCUT2D eigenvalue weighted by atomic mass is 10.2. The predicted octanol–water partition coefficient (Wildman–Crippen LogP) is 1.51. The lowest BCUT2D eigenvalue weighted by Gasteiger charge is -2.09. The Labute approximate surface area is 116 Å². The number of aromatic nitrogens is 1. The summed E-state index contributed by atoms with van der Waals surface area (Å²) >= 11 is 0. The van der Waals surface area contributed by atoms with Crippen molar-refractivity contribution < 1.29 is 14.6 Å². The number of hydrogen-bond acceptors (Lipinski definition) is 5. The molecule has 0 saturated carbocycles. The first-order valence-corrected chi connectivity index (χ1v) is 5.97. The average Bonchev–Trinajstić information content (AvgIpc) is 2.47. The number of carbonyl (C=O) groups excluding carboxylic acids is 1. The van der Waals surface area contributed by atoms with Crippen molar-refractivity contribution in [3.8, 4) is 11.5 Å². The molecule has 1 amide bonds. The molecule has 0 spiro atoms. The Hall–Kier alpha value is -2.60. The Morgan fingerprint density at radius 3 is 2.90 bits per heavy atom. The zero-order valence-corrected chi connectivity index (χ0v) is 11.0. The summed E-state index contributed by atoms with van der Waals surface area (Å²) in [5.41, 5.74) is 6.90. The van der Waals surface area contributed by atoms with Crippen molar-refractivity contribution in [2.24, 2.45) is 5.73 Å². The minimum Gasteiger partial charge on any atom is -0.505 e. The molecular weight excluding hydrogens is 258 g/mol. The Balaban J connectivity index is 2.26. The van der Waals surface area contributed by atoms with Crippen molar-refractivity contribution in [3.05, 3.63) is 47.8 Å². The van der Waals surface area contributed by atoms with Gasteiger partial charge in [0.1, 0.15) is 11.5 Å². The van der Waals surface area contributed by atoms with E-state index in [1.54, 1.807) is 24.3 Å². The molecule has 6 nitrogen and oxygen atoms in total. The Morgan fingerprint density at radius 1 is 1.45 bits per heavy atom. The molecule has 0 bridgehead atoms.